The topological polar surface area (TPSA) is 64.7 Å². The zero-order chi connectivity index (χ0) is 15.7. The molecule has 0 fully saturated rings. The monoisotopic (exact) mass is 288 g/mol. The summed E-state index contributed by atoms with van der Waals surface area (Å²) in [4.78, 5) is 14.8. The van der Waals surface area contributed by atoms with Crippen molar-refractivity contribution in [2.24, 2.45) is 4.99 Å². The Hall–Kier alpha value is -2.43. The molecule has 5 nitrogen and oxygen atoms in total. The van der Waals surface area contributed by atoms with Crippen LogP contribution in [0.2, 0.25) is 0 Å². The molecule has 0 atom stereocenters. The Morgan fingerprint density at radius 1 is 1.48 bits per heavy atom. The number of nitrogens with zero attached hydrogens (tertiary/aromatic N) is 2. The molecule has 1 aromatic rings. The van der Waals surface area contributed by atoms with Crippen molar-refractivity contribution in [1.29, 1.82) is 0 Å². The Morgan fingerprint density at radius 2 is 2.24 bits per heavy atom. The lowest BCUT2D eigenvalue weighted by Gasteiger charge is -2.06. The molecular weight excluding hydrogens is 268 g/mol. The summed E-state index contributed by atoms with van der Waals surface area (Å²) in [6, 6.07) is 4.81. The summed E-state index contributed by atoms with van der Waals surface area (Å²) in [5.41, 5.74) is 1.67. The fourth-order valence-corrected chi connectivity index (χ4v) is 1.71. The molecule has 0 N–H and O–H groups in total. The highest BCUT2D eigenvalue weighted by Gasteiger charge is 2.15. The van der Waals surface area contributed by atoms with Crippen molar-refractivity contribution in [3.63, 3.8) is 0 Å². The van der Waals surface area contributed by atoms with Gasteiger partial charge in [-0.1, -0.05) is 25.2 Å². The van der Waals surface area contributed by atoms with E-state index in [0.29, 0.717) is 0 Å². The molecule has 0 bridgehead atoms. The number of rotatable bonds is 7. The normalized spacial score (nSPS) is 12.2. The molecule has 0 saturated heterocycles. The van der Waals surface area contributed by atoms with E-state index in [1.165, 1.54) is 13.2 Å². The van der Waals surface area contributed by atoms with Crippen molar-refractivity contribution < 1.29 is 9.66 Å². The highest BCUT2D eigenvalue weighted by Crippen LogP contribution is 2.29. The average molecular weight is 288 g/mol. The van der Waals surface area contributed by atoms with Crippen molar-refractivity contribution in [2.45, 2.75) is 20.3 Å². The Bertz CT molecular complexity index is 575. The minimum Gasteiger partial charge on any atom is -0.490 e. The summed E-state index contributed by atoms with van der Waals surface area (Å²) in [7, 11) is 1.42. The predicted octanol–water partition coefficient (Wildman–Crippen LogP) is 4.04. The van der Waals surface area contributed by atoms with E-state index in [2.05, 4.69) is 11.9 Å². The standard InChI is InChI=1S/C16H20N2O3/c1-4-6-7-14(12-17-10-5-2)13-8-9-15(18(19)20)16(11-13)21-3/h4,6-9,11-12H,5,10H2,1-3H3/b6-4-,14-7+,17-12?. The number of methoxy groups -OCH3 is 1. The first-order valence-electron chi connectivity index (χ1n) is 6.79. The first kappa shape index (κ1) is 16.6. The maximum atomic E-state index is 10.9. The Morgan fingerprint density at radius 3 is 2.81 bits per heavy atom. The number of nitro benzene ring substituents is 1. The van der Waals surface area contributed by atoms with Gasteiger partial charge in [0, 0.05) is 18.8 Å². The minimum absolute atomic E-state index is 0.0443. The fourth-order valence-electron chi connectivity index (χ4n) is 1.71. The Balaban J connectivity index is 3.22. The second-order valence-electron chi connectivity index (χ2n) is 4.33. The van der Waals surface area contributed by atoms with Crippen LogP contribution < -0.4 is 4.74 Å². The zero-order valence-electron chi connectivity index (χ0n) is 12.6. The van der Waals surface area contributed by atoms with Crippen LogP contribution in [0.1, 0.15) is 25.8 Å². The van der Waals surface area contributed by atoms with Crippen LogP contribution in [0.4, 0.5) is 5.69 Å². The van der Waals surface area contributed by atoms with Gasteiger partial charge in [0.15, 0.2) is 5.75 Å². The molecule has 0 spiro atoms. The molecule has 1 rings (SSSR count). The van der Waals surface area contributed by atoms with E-state index in [4.69, 9.17) is 4.74 Å². The number of hydrogen-bond donors (Lipinski definition) is 0. The summed E-state index contributed by atoms with van der Waals surface area (Å²) >= 11 is 0. The minimum atomic E-state index is -0.455. The van der Waals surface area contributed by atoms with Crippen LogP contribution >= 0.6 is 0 Å². The number of allylic oxidation sites excluding steroid dienone is 4. The largest absolute Gasteiger partial charge is 0.490 e. The van der Waals surface area contributed by atoms with E-state index in [0.717, 1.165) is 24.1 Å². The van der Waals surface area contributed by atoms with Crippen molar-refractivity contribution in [1.82, 2.24) is 0 Å². The molecule has 21 heavy (non-hydrogen) atoms. The number of hydrogen-bond acceptors (Lipinski definition) is 4. The van der Waals surface area contributed by atoms with Crippen LogP contribution in [0, 0.1) is 10.1 Å². The predicted molar refractivity (Wildman–Crippen MR) is 86.1 cm³/mol. The van der Waals surface area contributed by atoms with Gasteiger partial charge in [-0.05, 0) is 36.6 Å². The maximum Gasteiger partial charge on any atom is 0.310 e. The van der Waals surface area contributed by atoms with Crippen molar-refractivity contribution in [3.8, 4) is 5.75 Å². The van der Waals surface area contributed by atoms with Crippen LogP contribution in [0.15, 0.2) is 41.4 Å². The van der Waals surface area contributed by atoms with Crippen LogP contribution in [-0.4, -0.2) is 24.8 Å². The molecule has 0 aliphatic carbocycles. The Labute approximate surface area is 124 Å². The zero-order valence-corrected chi connectivity index (χ0v) is 12.6. The molecule has 112 valence electrons. The second kappa shape index (κ2) is 8.68. The quantitative estimate of drug-likeness (QED) is 0.329. The van der Waals surface area contributed by atoms with Gasteiger partial charge in [0.1, 0.15) is 0 Å². The number of benzene rings is 1. The van der Waals surface area contributed by atoms with Gasteiger partial charge < -0.3 is 4.74 Å². The molecule has 0 aliphatic rings. The van der Waals surface area contributed by atoms with Gasteiger partial charge >= 0.3 is 5.69 Å². The third kappa shape index (κ3) is 4.87. The number of nitro groups is 1. The highest BCUT2D eigenvalue weighted by atomic mass is 16.6. The number of ether oxygens (including phenoxy) is 1. The van der Waals surface area contributed by atoms with Gasteiger partial charge in [-0.2, -0.15) is 0 Å². The van der Waals surface area contributed by atoms with Crippen molar-refractivity contribution in [2.75, 3.05) is 13.7 Å². The van der Waals surface area contributed by atoms with E-state index >= 15 is 0 Å². The number of aliphatic imine (C=N–C) groups is 1. The molecule has 0 aliphatic heterocycles. The fraction of sp³-hybridized carbons (Fsp3) is 0.312. The van der Waals surface area contributed by atoms with Crippen LogP contribution in [0.25, 0.3) is 5.57 Å². The molecule has 0 amide bonds. The van der Waals surface area contributed by atoms with Gasteiger partial charge in [0.2, 0.25) is 0 Å². The van der Waals surface area contributed by atoms with E-state index < -0.39 is 4.92 Å². The summed E-state index contributed by atoms with van der Waals surface area (Å²) in [5, 5.41) is 10.9. The lowest BCUT2D eigenvalue weighted by atomic mass is 10.1. The van der Waals surface area contributed by atoms with Gasteiger partial charge in [-0.25, -0.2) is 0 Å². The Kier molecular flexibility index (Phi) is 6.87. The van der Waals surface area contributed by atoms with Gasteiger partial charge in [-0.15, -0.1) is 0 Å². The van der Waals surface area contributed by atoms with Crippen LogP contribution in [0.5, 0.6) is 5.75 Å². The van der Waals surface area contributed by atoms with Gasteiger partial charge in [0.25, 0.3) is 0 Å². The molecule has 0 aromatic heterocycles. The van der Waals surface area contributed by atoms with Crippen molar-refractivity contribution >= 4 is 17.5 Å². The summed E-state index contributed by atoms with van der Waals surface area (Å²) < 4.78 is 5.10. The molecule has 0 unspecified atom stereocenters. The first-order valence-corrected chi connectivity index (χ1v) is 6.79. The molecule has 0 saturated carbocycles. The maximum absolute atomic E-state index is 10.9. The molecule has 0 radical (unpaired) electrons. The average Bonchev–Trinajstić information content (AvgIpc) is 2.50. The molecule has 5 heteroatoms. The summed E-state index contributed by atoms with van der Waals surface area (Å²) in [5.74, 6) is 0.243. The van der Waals surface area contributed by atoms with Gasteiger partial charge in [0.05, 0.1) is 12.0 Å². The third-order valence-corrected chi connectivity index (χ3v) is 2.76. The third-order valence-electron chi connectivity index (χ3n) is 2.76. The lowest BCUT2D eigenvalue weighted by Crippen LogP contribution is -1.96. The molecule has 0 heterocycles. The second-order valence-corrected chi connectivity index (χ2v) is 4.33. The van der Waals surface area contributed by atoms with E-state index in [-0.39, 0.29) is 11.4 Å². The van der Waals surface area contributed by atoms with Crippen molar-refractivity contribution in [3.05, 3.63) is 52.1 Å². The van der Waals surface area contributed by atoms with Crippen LogP contribution in [-0.2, 0) is 0 Å². The highest BCUT2D eigenvalue weighted by molar-refractivity contribution is 6.10. The molecule has 1 aromatic carbocycles. The molecular formula is C16H20N2O3. The first-order chi connectivity index (χ1) is 10.1. The van der Waals surface area contributed by atoms with E-state index in [1.807, 2.05) is 25.2 Å². The SMILES string of the molecule is C/C=C\C=C(/C=NCCC)c1ccc([N+](=O)[O-])c(OC)c1. The van der Waals surface area contributed by atoms with E-state index in [1.54, 1.807) is 18.3 Å². The summed E-state index contributed by atoms with van der Waals surface area (Å²) in [6.45, 7) is 4.73. The van der Waals surface area contributed by atoms with Crippen LogP contribution in [0.3, 0.4) is 0 Å². The summed E-state index contributed by atoms with van der Waals surface area (Å²) in [6.07, 6.45) is 8.48. The van der Waals surface area contributed by atoms with Gasteiger partial charge in [-0.3, -0.25) is 15.1 Å². The smallest absolute Gasteiger partial charge is 0.310 e. The van der Waals surface area contributed by atoms with E-state index in [9.17, 15) is 10.1 Å². The lowest BCUT2D eigenvalue weighted by molar-refractivity contribution is -0.385.